The molecular weight excluding hydrogens is 300 g/mol. The normalized spacial score (nSPS) is 20.8. The lowest BCUT2D eigenvalue weighted by atomic mass is 10.0. The van der Waals surface area contributed by atoms with Crippen LogP contribution in [-0.4, -0.2) is 59.9 Å². The van der Waals surface area contributed by atoms with Crippen LogP contribution in [0.15, 0.2) is 23.5 Å². The van der Waals surface area contributed by atoms with E-state index in [0.29, 0.717) is 5.92 Å². The van der Waals surface area contributed by atoms with Gasteiger partial charge in [0.1, 0.15) is 0 Å². The fraction of sp³-hybridized carbons (Fsp3) is 0.778. The fourth-order valence-electron chi connectivity index (χ4n) is 3.26. The van der Waals surface area contributed by atoms with Crippen molar-refractivity contribution < 1.29 is 0 Å². The number of guanidine groups is 1. The van der Waals surface area contributed by atoms with Crippen LogP contribution in [0.5, 0.6) is 0 Å². The molecule has 1 saturated heterocycles. The van der Waals surface area contributed by atoms with Gasteiger partial charge in [-0.1, -0.05) is 13.3 Å². The molecule has 2 heterocycles. The number of hydrogen-bond donors (Lipinski definition) is 2. The summed E-state index contributed by atoms with van der Waals surface area (Å²) < 4.78 is 1.97. The average molecular weight is 335 g/mol. The lowest BCUT2D eigenvalue weighted by Crippen LogP contribution is -2.42. The van der Waals surface area contributed by atoms with Crippen LogP contribution in [0.4, 0.5) is 0 Å². The summed E-state index contributed by atoms with van der Waals surface area (Å²) in [5.41, 5.74) is 0. The highest BCUT2D eigenvalue weighted by Gasteiger charge is 2.17. The van der Waals surface area contributed by atoms with Crippen LogP contribution in [-0.2, 0) is 6.54 Å². The predicted molar refractivity (Wildman–Crippen MR) is 100 cm³/mol. The molecule has 2 unspecified atom stereocenters. The summed E-state index contributed by atoms with van der Waals surface area (Å²) in [7, 11) is 1.83. The molecule has 1 fully saturated rings. The van der Waals surface area contributed by atoms with Gasteiger partial charge in [0.25, 0.3) is 0 Å². The molecule has 6 heteroatoms. The molecule has 0 saturated carbocycles. The average Bonchev–Trinajstić information content (AvgIpc) is 3.08. The first-order valence-electron chi connectivity index (χ1n) is 9.35. The molecule has 1 aliphatic rings. The van der Waals surface area contributed by atoms with Crippen LogP contribution in [0, 0.1) is 5.92 Å². The Morgan fingerprint density at radius 2 is 2.25 bits per heavy atom. The zero-order valence-electron chi connectivity index (χ0n) is 15.5. The van der Waals surface area contributed by atoms with Crippen molar-refractivity contribution in [1.82, 2.24) is 25.3 Å². The predicted octanol–water partition coefficient (Wildman–Crippen LogP) is 1.95. The van der Waals surface area contributed by atoms with Crippen LogP contribution >= 0.6 is 0 Å². The summed E-state index contributed by atoms with van der Waals surface area (Å²) >= 11 is 0. The van der Waals surface area contributed by atoms with Gasteiger partial charge < -0.3 is 15.5 Å². The minimum absolute atomic E-state index is 0.498. The van der Waals surface area contributed by atoms with E-state index in [-0.39, 0.29) is 0 Å². The minimum Gasteiger partial charge on any atom is -0.356 e. The van der Waals surface area contributed by atoms with Crippen molar-refractivity contribution in [3.8, 4) is 0 Å². The molecule has 2 N–H and O–H groups in total. The second-order valence-electron chi connectivity index (χ2n) is 6.95. The molecule has 2 atom stereocenters. The molecule has 2 rings (SSSR count). The summed E-state index contributed by atoms with van der Waals surface area (Å²) in [6, 6.07) is 2.71. The summed E-state index contributed by atoms with van der Waals surface area (Å²) in [6.45, 7) is 9.80. The zero-order chi connectivity index (χ0) is 17.2. The van der Waals surface area contributed by atoms with E-state index in [0.717, 1.165) is 38.1 Å². The van der Waals surface area contributed by atoms with Crippen molar-refractivity contribution in [2.45, 2.75) is 52.1 Å². The fourth-order valence-corrected chi connectivity index (χ4v) is 3.26. The SMILES string of the molecule is CN=C(NCCCN1CCCCC1C)NCC(C)Cn1cccn1. The number of nitrogens with zero attached hydrogens (tertiary/aromatic N) is 4. The Morgan fingerprint density at radius 1 is 1.38 bits per heavy atom. The van der Waals surface area contributed by atoms with Crippen molar-refractivity contribution in [2.75, 3.05) is 33.2 Å². The maximum atomic E-state index is 4.31. The molecule has 1 aliphatic heterocycles. The summed E-state index contributed by atoms with van der Waals surface area (Å²) in [5, 5.41) is 11.1. The molecule has 24 heavy (non-hydrogen) atoms. The Kier molecular flexibility index (Phi) is 8.08. The Morgan fingerprint density at radius 3 is 2.96 bits per heavy atom. The molecular formula is C18H34N6. The molecule has 1 aromatic rings. The minimum atomic E-state index is 0.498. The van der Waals surface area contributed by atoms with Gasteiger partial charge in [0.2, 0.25) is 0 Å². The standard InChI is InChI=1S/C18H34N6/c1-16(15-24-13-7-10-22-24)14-21-18(19-3)20-9-6-12-23-11-5-4-8-17(23)2/h7,10,13,16-17H,4-6,8-9,11-12,14-15H2,1-3H3,(H2,19,20,21). The van der Waals surface area contributed by atoms with Gasteiger partial charge in [-0.3, -0.25) is 9.67 Å². The number of rotatable bonds is 8. The van der Waals surface area contributed by atoms with Gasteiger partial charge in [0, 0.05) is 51.7 Å². The van der Waals surface area contributed by atoms with Crippen molar-refractivity contribution in [3.05, 3.63) is 18.5 Å². The maximum Gasteiger partial charge on any atom is 0.190 e. The van der Waals surface area contributed by atoms with E-state index in [1.54, 1.807) is 0 Å². The zero-order valence-corrected chi connectivity index (χ0v) is 15.5. The first-order chi connectivity index (χ1) is 11.7. The van der Waals surface area contributed by atoms with Crippen molar-refractivity contribution in [1.29, 1.82) is 0 Å². The molecule has 0 amide bonds. The number of hydrogen-bond acceptors (Lipinski definition) is 3. The van der Waals surface area contributed by atoms with Gasteiger partial charge in [-0.15, -0.1) is 0 Å². The highest BCUT2D eigenvalue weighted by atomic mass is 15.3. The lowest BCUT2D eigenvalue weighted by molar-refractivity contribution is 0.159. The van der Waals surface area contributed by atoms with E-state index in [2.05, 4.69) is 39.5 Å². The molecule has 0 aliphatic carbocycles. The molecule has 0 aromatic carbocycles. The van der Waals surface area contributed by atoms with E-state index in [1.807, 2.05) is 30.2 Å². The highest BCUT2D eigenvalue weighted by molar-refractivity contribution is 5.79. The quantitative estimate of drug-likeness (QED) is 0.433. The second-order valence-corrected chi connectivity index (χ2v) is 6.95. The van der Waals surface area contributed by atoms with E-state index in [4.69, 9.17) is 0 Å². The molecule has 6 nitrogen and oxygen atoms in total. The monoisotopic (exact) mass is 334 g/mol. The van der Waals surface area contributed by atoms with Crippen LogP contribution in [0.3, 0.4) is 0 Å². The Hall–Kier alpha value is -1.56. The molecule has 1 aromatic heterocycles. The molecule has 0 radical (unpaired) electrons. The molecule has 0 bridgehead atoms. The van der Waals surface area contributed by atoms with E-state index < -0.39 is 0 Å². The van der Waals surface area contributed by atoms with Crippen LogP contribution < -0.4 is 10.6 Å². The first kappa shape index (κ1) is 18.8. The topological polar surface area (TPSA) is 57.5 Å². The van der Waals surface area contributed by atoms with Crippen molar-refractivity contribution in [3.63, 3.8) is 0 Å². The van der Waals surface area contributed by atoms with E-state index in [1.165, 1.54) is 32.4 Å². The highest BCUT2D eigenvalue weighted by Crippen LogP contribution is 2.15. The third-order valence-electron chi connectivity index (χ3n) is 4.75. The van der Waals surface area contributed by atoms with Gasteiger partial charge >= 0.3 is 0 Å². The largest absolute Gasteiger partial charge is 0.356 e. The Balaban J connectivity index is 1.58. The maximum absolute atomic E-state index is 4.31. The smallest absolute Gasteiger partial charge is 0.190 e. The van der Waals surface area contributed by atoms with Gasteiger partial charge in [-0.05, 0) is 44.7 Å². The number of aromatic nitrogens is 2. The summed E-state index contributed by atoms with van der Waals surface area (Å²) in [6.07, 6.45) is 9.09. The lowest BCUT2D eigenvalue weighted by Gasteiger charge is -2.33. The summed E-state index contributed by atoms with van der Waals surface area (Å²) in [5.74, 6) is 1.40. The van der Waals surface area contributed by atoms with Gasteiger partial charge in [-0.2, -0.15) is 5.10 Å². The number of aliphatic imine (C=N–C) groups is 1. The molecule has 0 spiro atoms. The van der Waals surface area contributed by atoms with Gasteiger partial charge in [0.15, 0.2) is 5.96 Å². The Labute approximate surface area is 146 Å². The van der Waals surface area contributed by atoms with E-state index >= 15 is 0 Å². The molecule has 136 valence electrons. The van der Waals surface area contributed by atoms with Crippen LogP contribution in [0.1, 0.15) is 39.5 Å². The second kappa shape index (κ2) is 10.3. The number of likely N-dealkylation sites (tertiary alicyclic amines) is 1. The van der Waals surface area contributed by atoms with Crippen molar-refractivity contribution >= 4 is 5.96 Å². The summed E-state index contributed by atoms with van der Waals surface area (Å²) in [4.78, 5) is 6.93. The number of piperidine rings is 1. The van der Waals surface area contributed by atoms with E-state index in [9.17, 15) is 0 Å². The Bertz CT molecular complexity index is 470. The third-order valence-corrected chi connectivity index (χ3v) is 4.75. The first-order valence-corrected chi connectivity index (χ1v) is 9.35. The van der Waals surface area contributed by atoms with Crippen LogP contribution in [0.25, 0.3) is 0 Å². The van der Waals surface area contributed by atoms with Crippen LogP contribution in [0.2, 0.25) is 0 Å². The van der Waals surface area contributed by atoms with Crippen molar-refractivity contribution in [2.24, 2.45) is 10.9 Å². The number of nitrogens with one attached hydrogen (secondary N) is 2. The van der Waals surface area contributed by atoms with Gasteiger partial charge in [-0.25, -0.2) is 0 Å². The van der Waals surface area contributed by atoms with Gasteiger partial charge in [0.05, 0.1) is 0 Å². The third kappa shape index (κ3) is 6.51.